The second-order valence-corrected chi connectivity index (χ2v) is 6.91. The number of aryl methyl sites for hydroxylation is 1. The van der Waals surface area contributed by atoms with Gasteiger partial charge in [-0.05, 0) is 32.6 Å². The lowest BCUT2D eigenvalue weighted by Gasteiger charge is -2.35. The highest BCUT2D eigenvalue weighted by Crippen LogP contribution is 2.35. The Labute approximate surface area is 147 Å². The van der Waals surface area contributed by atoms with Crippen molar-refractivity contribution in [3.8, 4) is 0 Å². The van der Waals surface area contributed by atoms with Crippen molar-refractivity contribution in [2.24, 2.45) is 5.92 Å². The molecule has 7 heteroatoms. The minimum Gasteiger partial charge on any atom is -0.359 e. The van der Waals surface area contributed by atoms with E-state index >= 15 is 0 Å². The van der Waals surface area contributed by atoms with Gasteiger partial charge in [0, 0.05) is 38.1 Å². The van der Waals surface area contributed by atoms with E-state index in [4.69, 9.17) is 4.52 Å². The largest absolute Gasteiger partial charge is 0.359 e. The lowest BCUT2D eigenvalue weighted by atomic mass is 9.96. The summed E-state index contributed by atoms with van der Waals surface area (Å²) in [6.07, 6.45) is 9.01. The van der Waals surface area contributed by atoms with E-state index in [0.29, 0.717) is 6.54 Å². The third kappa shape index (κ3) is 3.23. The quantitative estimate of drug-likeness (QED) is 0.853. The van der Waals surface area contributed by atoms with Crippen LogP contribution in [0.4, 0.5) is 5.82 Å². The highest BCUT2D eigenvalue weighted by molar-refractivity contribution is 5.80. The van der Waals surface area contributed by atoms with E-state index in [9.17, 15) is 4.79 Å². The molecular formula is C18H23N5O2. The van der Waals surface area contributed by atoms with Gasteiger partial charge in [0.05, 0.1) is 23.9 Å². The number of hydrogen-bond donors (Lipinski definition) is 0. The number of rotatable bonds is 3. The Morgan fingerprint density at radius 3 is 2.88 bits per heavy atom. The first-order valence-electron chi connectivity index (χ1n) is 8.97. The molecular weight excluding hydrogens is 318 g/mol. The van der Waals surface area contributed by atoms with Crippen molar-refractivity contribution in [2.75, 3.05) is 24.5 Å². The Hall–Kier alpha value is -2.44. The number of anilines is 1. The Kier molecular flexibility index (Phi) is 4.38. The average Bonchev–Trinajstić information content (AvgIpc) is 3.30. The van der Waals surface area contributed by atoms with Crippen molar-refractivity contribution in [3.63, 3.8) is 0 Å². The summed E-state index contributed by atoms with van der Waals surface area (Å²) in [5, 5.41) is 3.98. The van der Waals surface area contributed by atoms with Crippen molar-refractivity contribution in [1.82, 2.24) is 20.0 Å². The van der Waals surface area contributed by atoms with Gasteiger partial charge in [0.25, 0.3) is 0 Å². The molecule has 7 nitrogen and oxygen atoms in total. The van der Waals surface area contributed by atoms with Crippen LogP contribution in [0.15, 0.2) is 29.2 Å². The van der Waals surface area contributed by atoms with E-state index in [1.54, 1.807) is 18.6 Å². The highest BCUT2D eigenvalue weighted by atomic mass is 16.5. The highest BCUT2D eigenvalue weighted by Gasteiger charge is 2.37. The first-order valence-corrected chi connectivity index (χ1v) is 8.97. The van der Waals surface area contributed by atoms with Crippen LogP contribution in [0, 0.1) is 12.8 Å². The van der Waals surface area contributed by atoms with Gasteiger partial charge >= 0.3 is 0 Å². The summed E-state index contributed by atoms with van der Waals surface area (Å²) in [7, 11) is 0. The molecule has 0 aliphatic carbocycles. The molecule has 0 N–H and O–H groups in total. The number of carbonyl (C=O) groups is 1. The zero-order valence-electron chi connectivity index (χ0n) is 14.5. The standard InChI is InChI=1S/C18H23N5O2/c1-13-10-16(25-21-13)15-5-3-9-23(15)18(24)14-4-2-8-22(12-14)17-11-19-6-7-20-17/h6-7,10-11,14-15H,2-5,8-9,12H2,1H3/t14-,15-/m1/s1. The smallest absolute Gasteiger partial charge is 0.228 e. The summed E-state index contributed by atoms with van der Waals surface area (Å²) < 4.78 is 5.43. The van der Waals surface area contributed by atoms with Gasteiger partial charge in [0.2, 0.25) is 5.91 Å². The van der Waals surface area contributed by atoms with E-state index < -0.39 is 0 Å². The maximum atomic E-state index is 13.2. The molecule has 2 atom stereocenters. The van der Waals surface area contributed by atoms with Crippen LogP contribution >= 0.6 is 0 Å². The van der Waals surface area contributed by atoms with E-state index in [0.717, 1.165) is 56.0 Å². The number of amides is 1. The van der Waals surface area contributed by atoms with E-state index in [-0.39, 0.29) is 17.9 Å². The number of likely N-dealkylation sites (tertiary alicyclic amines) is 1. The molecule has 4 heterocycles. The van der Waals surface area contributed by atoms with Crippen molar-refractivity contribution in [3.05, 3.63) is 36.1 Å². The van der Waals surface area contributed by atoms with Crippen LogP contribution in [0.3, 0.4) is 0 Å². The molecule has 2 aliphatic rings. The molecule has 2 aromatic rings. The van der Waals surface area contributed by atoms with Crippen molar-refractivity contribution in [2.45, 2.75) is 38.6 Å². The van der Waals surface area contributed by atoms with Crippen LogP contribution < -0.4 is 4.90 Å². The fourth-order valence-electron chi connectivity index (χ4n) is 3.94. The maximum Gasteiger partial charge on any atom is 0.228 e. The van der Waals surface area contributed by atoms with Crippen molar-refractivity contribution >= 4 is 11.7 Å². The topological polar surface area (TPSA) is 75.4 Å². The molecule has 0 radical (unpaired) electrons. The van der Waals surface area contributed by atoms with Gasteiger partial charge in [-0.2, -0.15) is 0 Å². The molecule has 0 unspecified atom stereocenters. The molecule has 25 heavy (non-hydrogen) atoms. The molecule has 0 spiro atoms. The monoisotopic (exact) mass is 341 g/mol. The van der Waals surface area contributed by atoms with Crippen LogP contribution in [-0.4, -0.2) is 45.6 Å². The third-order valence-corrected chi connectivity index (χ3v) is 5.15. The van der Waals surface area contributed by atoms with E-state index in [1.807, 2.05) is 17.9 Å². The summed E-state index contributed by atoms with van der Waals surface area (Å²) in [5.74, 6) is 1.89. The number of piperidine rings is 1. The molecule has 4 rings (SSSR count). The summed E-state index contributed by atoms with van der Waals surface area (Å²) in [5.41, 5.74) is 0.862. The molecule has 0 aromatic carbocycles. The van der Waals surface area contributed by atoms with Gasteiger partial charge in [-0.15, -0.1) is 0 Å². The maximum absolute atomic E-state index is 13.2. The predicted molar refractivity (Wildman–Crippen MR) is 91.9 cm³/mol. The first kappa shape index (κ1) is 16.1. The van der Waals surface area contributed by atoms with Crippen LogP contribution in [-0.2, 0) is 4.79 Å². The second kappa shape index (κ2) is 6.82. The minimum atomic E-state index is 0.000347. The molecule has 132 valence electrons. The summed E-state index contributed by atoms with van der Waals surface area (Å²) in [6, 6.07) is 1.98. The molecule has 0 bridgehead atoms. The molecule has 1 amide bonds. The number of carbonyl (C=O) groups excluding carboxylic acids is 1. The zero-order chi connectivity index (χ0) is 17.2. The Bertz CT molecular complexity index is 732. The van der Waals surface area contributed by atoms with E-state index in [1.165, 1.54) is 0 Å². The molecule has 2 aromatic heterocycles. The number of hydrogen-bond acceptors (Lipinski definition) is 6. The van der Waals surface area contributed by atoms with Gasteiger partial charge in [0.15, 0.2) is 5.76 Å². The fourth-order valence-corrected chi connectivity index (χ4v) is 3.94. The SMILES string of the molecule is Cc1cc([C@H]2CCCN2C(=O)[C@@H]2CCCN(c3cnccn3)C2)on1. The van der Waals surface area contributed by atoms with E-state index in [2.05, 4.69) is 20.0 Å². The summed E-state index contributed by atoms with van der Waals surface area (Å²) in [6.45, 7) is 4.34. The lowest BCUT2D eigenvalue weighted by Crippen LogP contribution is -2.45. The van der Waals surface area contributed by atoms with Crippen molar-refractivity contribution < 1.29 is 9.32 Å². The number of aromatic nitrogens is 3. The van der Waals surface area contributed by atoms with Gasteiger partial charge in [0.1, 0.15) is 5.82 Å². The second-order valence-electron chi connectivity index (χ2n) is 6.91. The molecule has 2 fully saturated rings. The van der Waals surface area contributed by atoms with Gasteiger partial charge in [-0.1, -0.05) is 5.16 Å². The molecule has 2 saturated heterocycles. The van der Waals surface area contributed by atoms with Crippen LogP contribution in [0.2, 0.25) is 0 Å². The summed E-state index contributed by atoms with van der Waals surface area (Å²) in [4.78, 5) is 25.8. The molecule has 2 aliphatic heterocycles. The van der Waals surface area contributed by atoms with Crippen LogP contribution in [0.1, 0.15) is 43.2 Å². The Morgan fingerprint density at radius 1 is 1.24 bits per heavy atom. The van der Waals surface area contributed by atoms with Gasteiger partial charge < -0.3 is 14.3 Å². The van der Waals surface area contributed by atoms with Crippen LogP contribution in [0.5, 0.6) is 0 Å². The molecule has 0 saturated carbocycles. The lowest BCUT2D eigenvalue weighted by molar-refractivity contribution is -0.137. The van der Waals surface area contributed by atoms with Gasteiger partial charge in [-0.25, -0.2) is 4.98 Å². The minimum absolute atomic E-state index is 0.000347. The number of nitrogens with zero attached hydrogens (tertiary/aromatic N) is 5. The Balaban J connectivity index is 1.48. The normalized spacial score (nSPS) is 23.9. The van der Waals surface area contributed by atoms with Crippen LogP contribution in [0.25, 0.3) is 0 Å². The van der Waals surface area contributed by atoms with Crippen molar-refractivity contribution in [1.29, 1.82) is 0 Å². The predicted octanol–water partition coefficient (Wildman–Crippen LogP) is 2.35. The van der Waals surface area contributed by atoms with Gasteiger partial charge in [-0.3, -0.25) is 9.78 Å². The first-order chi connectivity index (χ1) is 12.2. The zero-order valence-corrected chi connectivity index (χ0v) is 14.5. The third-order valence-electron chi connectivity index (χ3n) is 5.15. The fraction of sp³-hybridized carbons (Fsp3) is 0.556. The Morgan fingerprint density at radius 2 is 2.12 bits per heavy atom. The summed E-state index contributed by atoms with van der Waals surface area (Å²) >= 11 is 0. The average molecular weight is 341 g/mol.